The summed E-state index contributed by atoms with van der Waals surface area (Å²) in [6.07, 6.45) is 3.92. The Bertz CT molecular complexity index is 379. The molecule has 0 amide bonds. The lowest BCUT2D eigenvalue weighted by Gasteiger charge is -2.36. The third kappa shape index (κ3) is 2.80. The molecule has 1 fully saturated rings. The van der Waals surface area contributed by atoms with Crippen molar-refractivity contribution in [2.45, 2.75) is 46.1 Å². The molecule has 0 bridgehead atoms. The van der Waals surface area contributed by atoms with Gasteiger partial charge in [0, 0.05) is 11.7 Å². The fourth-order valence-corrected chi connectivity index (χ4v) is 2.93. The van der Waals surface area contributed by atoms with Gasteiger partial charge in [0.05, 0.1) is 0 Å². The van der Waals surface area contributed by atoms with E-state index in [0.717, 1.165) is 11.3 Å². The second-order valence-corrected chi connectivity index (χ2v) is 5.51. The normalized spacial score (nSPS) is 29.1. The Morgan fingerprint density at radius 3 is 2.41 bits per heavy atom. The van der Waals surface area contributed by atoms with Crippen molar-refractivity contribution in [2.75, 3.05) is 5.32 Å². The lowest BCUT2D eigenvalue weighted by molar-refractivity contribution is 0.268. The number of anilines is 1. The van der Waals surface area contributed by atoms with E-state index in [4.69, 9.17) is 0 Å². The van der Waals surface area contributed by atoms with Gasteiger partial charge in [-0.15, -0.1) is 0 Å². The molecule has 94 valence electrons. The van der Waals surface area contributed by atoms with Crippen LogP contribution in [-0.2, 0) is 0 Å². The zero-order chi connectivity index (χ0) is 12.4. The predicted octanol–water partition coefficient (Wildman–Crippen LogP) is 4.37. The van der Waals surface area contributed by atoms with E-state index in [1.807, 2.05) is 13.0 Å². The highest BCUT2D eigenvalue weighted by atomic mass is 19.1. The van der Waals surface area contributed by atoms with Gasteiger partial charge in [-0.05, 0) is 55.4 Å². The number of halogens is 1. The molecule has 1 aromatic rings. The van der Waals surface area contributed by atoms with E-state index in [1.54, 1.807) is 6.07 Å². The summed E-state index contributed by atoms with van der Waals surface area (Å²) in [7, 11) is 0. The quantitative estimate of drug-likeness (QED) is 0.802. The fourth-order valence-electron chi connectivity index (χ4n) is 2.93. The van der Waals surface area contributed by atoms with Crippen molar-refractivity contribution in [2.24, 2.45) is 11.8 Å². The molecule has 2 atom stereocenters. The van der Waals surface area contributed by atoms with Crippen molar-refractivity contribution in [3.8, 4) is 0 Å². The first-order valence-electron chi connectivity index (χ1n) is 6.60. The summed E-state index contributed by atoms with van der Waals surface area (Å²) in [5, 5.41) is 3.61. The van der Waals surface area contributed by atoms with E-state index in [-0.39, 0.29) is 5.82 Å². The molecule has 2 unspecified atom stereocenters. The maximum Gasteiger partial charge on any atom is 0.123 e. The Morgan fingerprint density at radius 2 is 1.82 bits per heavy atom. The highest BCUT2D eigenvalue weighted by Crippen LogP contribution is 2.32. The van der Waals surface area contributed by atoms with Crippen LogP contribution in [0.2, 0.25) is 0 Å². The van der Waals surface area contributed by atoms with Crippen LogP contribution >= 0.6 is 0 Å². The number of rotatable bonds is 2. The highest BCUT2D eigenvalue weighted by molar-refractivity contribution is 5.51. The van der Waals surface area contributed by atoms with Gasteiger partial charge in [-0.3, -0.25) is 0 Å². The lowest BCUT2D eigenvalue weighted by atomic mass is 9.78. The molecule has 0 heterocycles. The van der Waals surface area contributed by atoms with Gasteiger partial charge in [-0.25, -0.2) is 4.39 Å². The van der Waals surface area contributed by atoms with Crippen molar-refractivity contribution < 1.29 is 4.39 Å². The van der Waals surface area contributed by atoms with Crippen LogP contribution in [0.3, 0.4) is 0 Å². The topological polar surface area (TPSA) is 12.0 Å². The summed E-state index contributed by atoms with van der Waals surface area (Å²) in [5.74, 6) is 1.24. The van der Waals surface area contributed by atoms with Crippen molar-refractivity contribution in [1.29, 1.82) is 0 Å². The van der Waals surface area contributed by atoms with E-state index in [1.165, 1.54) is 25.3 Å². The first-order chi connectivity index (χ1) is 8.08. The molecule has 0 aliphatic heterocycles. The molecule has 1 aliphatic rings. The maximum absolute atomic E-state index is 13.1. The van der Waals surface area contributed by atoms with Gasteiger partial charge in [-0.1, -0.05) is 20.3 Å². The molecule has 0 radical (unpaired) electrons. The number of nitrogens with one attached hydrogen (secondary N) is 1. The second-order valence-electron chi connectivity index (χ2n) is 5.51. The minimum absolute atomic E-state index is 0.155. The van der Waals surface area contributed by atoms with Gasteiger partial charge >= 0.3 is 0 Å². The number of hydrogen-bond acceptors (Lipinski definition) is 1. The molecule has 1 aliphatic carbocycles. The van der Waals surface area contributed by atoms with Crippen LogP contribution in [0.15, 0.2) is 18.2 Å². The van der Waals surface area contributed by atoms with Gasteiger partial charge in [0.15, 0.2) is 0 Å². The summed E-state index contributed by atoms with van der Waals surface area (Å²) in [6, 6.07) is 5.51. The zero-order valence-electron chi connectivity index (χ0n) is 11.0. The minimum Gasteiger partial charge on any atom is -0.382 e. The Kier molecular flexibility index (Phi) is 3.70. The lowest BCUT2D eigenvalue weighted by Crippen LogP contribution is -2.37. The first kappa shape index (κ1) is 12.4. The SMILES string of the molecule is Cc1cc(F)ccc1NC1C(C)CCCC1C. The van der Waals surface area contributed by atoms with Crippen LogP contribution in [0.5, 0.6) is 0 Å². The van der Waals surface area contributed by atoms with Gasteiger partial charge in [0.2, 0.25) is 0 Å². The maximum atomic E-state index is 13.1. The number of aryl methyl sites for hydroxylation is 1. The largest absolute Gasteiger partial charge is 0.382 e. The number of hydrogen-bond donors (Lipinski definition) is 1. The molecule has 0 spiro atoms. The van der Waals surface area contributed by atoms with Crippen LogP contribution in [0.25, 0.3) is 0 Å². The second kappa shape index (κ2) is 5.07. The van der Waals surface area contributed by atoms with Gasteiger partial charge in [0.25, 0.3) is 0 Å². The summed E-state index contributed by atoms with van der Waals surface area (Å²) in [4.78, 5) is 0. The predicted molar refractivity (Wildman–Crippen MR) is 70.7 cm³/mol. The van der Waals surface area contributed by atoms with Crippen LogP contribution in [0, 0.1) is 24.6 Å². The van der Waals surface area contributed by atoms with Crippen molar-refractivity contribution in [1.82, 2.24) is 0 Å². The molecular weight excluding hydrogens is 213 g/mol. The molecule has 2 rings (SSSR count). The Morgan fingerprint density at radius 1 is 1.18 bits per heavy atom. The molecule has 1 nitrogen and oxygen atoms in total. The Labute approximate surface area is 103 Å². The molecule has 1 N–H and O–H groups in total. The summed E-state index contributed by atoms with van der Waals surface area (Å²) < 4.78 is 13.1. The Balaban J connectivity index is 2.13. The smallest absolute Gasteiger partial charge is 0.123 e. The van der Waals surface area contributed by atoms with Gasteiger partial charge in [-0.2, -0.15) is 0 Å². The Hall–Kier alpha value is -1.05. The van der Waals surface area contributed by atoms with E-state index in [2.05, 4.69) is 19.2 Å². The molecule has 1 saturated carbocycles. The molecule has 0 aromatic heterocycles. The number of benzene rings is 1. The first-order valence-corrected chi connectivity index (χ1v) is 6.60. The van der Waals surface area contributed by atoms with E-state index in [0.29, 0.717) is 17.9 Å². The molecular formula is C15H22FN. The molecule has 2 heteroatoms. The van der Waals surface area contributed by atoms with E-state index < -0.39 is 0 Å². The van der Waals surface area contributed by atoms with Crippen molar-refractivity contribution in [3.05, 3.63) is 29.6 Å². The molecule has 0 saturated heterocycles. The van der Waals surface area contributed by atoms with E-state index >= 15 is 0 Å². The summed E-state index contributed by atoms with van der Waals surface area (Å²) in [6.45, 7) is 6.59. The third-order valence-electron chi connectivity index (χ3n) is 4.06. The van der Waals surface area contributed by atoms with Crippen LogP contribution in [-0.4, -0.2) is 6.04 Å². The van der Waals surface area contributed by atoms with Gasteiger partial charge < -0.3 is 5.32 Å². The fraction of sp³-hybridized carbons (Fsp3) is 0.600. The summed E-state index contributed by atoms with van der Waals surface area (Å²) in [5.41, 5.74) is 2.08. The van der Waals surface area contributed by atoms with Crippen LogP contribution in [0.1, 0.15) is 38.7 Å². The molecule has 17 heavy (non-hydrogen) atoms. The third-order valence-corrected chi connectivity index (χ3v) is 4.06. The average molecular weight is 235 g/mol. The van der Waals surface area contributed by atoms with Crippen molar-refractivity contribution in [3.63, 3.8) is 0 Å². The van der Waals surface area contributed by atoms with Crippen molar-refractivity contribution >= 4 is 5.69 Å². The zero-order valence-corrected chi connectivity index (χ0v) is 11.0. The monoisotopic (exact) mass is 235 g/mol. The highest BCUT2D eigenvalue weighted by Gasteiger charge is 2.27. The summed E-state index contributed by atoms with van der Waals surface area (Å²) >= 11 is 0. The molecule has 1 aromatic carbocycles. The van der Waals surface area contributed by atoms with Crippen LogP contribution in [0.4, 0.5) is 10.1 Å². The standard InChI is InChI=1S/C15H22FN/c1-10-5-4-6-11(2)15(10)17-14-8-7-13(16)9-12(14)3/h7-11,15,17H,4-6H2,1-3H3. The van der Waals surface area contributed by atoms with E-state index in [9.17, 15) is 4.39 Å². The van der Waals surface area contributed by atoms with Crippen LogP contribution < -0.4 is 5.32 Å². The van der Waals surface area contributed by atoms with Gasteiger partial charge in [0.1, 0.15) is 5.82 Å². The average Bonchev–Trinajstić information content (AvgIpc) is 2.26. The minimum atomic E-state index is -0.155.